The van der Waals surface area contributed by atoms with Gasteiger partial charge in [0.15, 0.2) is 5.75 Å². The van der Waals surface area contributed by atoms with Crippen molar-refractivity contribution in [2.45, 2.75) is 39.0 Å². The predicted molar refractivity (Wildman–Crippen MR) is 77.7 cm³/mol. The number of nitrogens with zero attached hydrogens (tertiary/aromatic N) is 1. The van der Waals surface area contributed by atoms with Crippen molar-refractivity contribution in [2.75, 3.05) is 24.3 Å². The molecule has 1 heterocycles. The molecule has 19 heavy (non-hydrogen) atoms. The van der Waals surface area contributed by atoms with Crippen LogP contribution in [0.15, 0.2) is 12.1 Å². The number of nitrogens with two attached hydrogens (primary N) is 1. The molecule has 1 aromatic carbocycles. The molecule has 0 radical (unpaired) electrons. The molecule has 4 nitrogen and oxygen atoms in total. The van der Waals surface area contributed by atoms with Gasteiger partial charge in [-0.3, -0.25) is 4.79 Å². The maximum Gasteiger partial charge on any atom is 0.227 e. The van der Waals surface area contributed by atoms with Crippen molar-refractivity contribution < 1.29 is 9.53 Å². The molecule has 2 rings (SSSR count). The minimum Gasteiger partial charge on any atom is -0.492 e. The van der Waals surface area contributed by atoms with Gasteiger partial charge in [0.1, 0.15) is 0 Å². The molecule has 0 unspecified atom stereocenters. The van der Waals surface area contributed by atoms with E-state index in [1.165, 1.54) is 0 Å². The number of rotatable bonds is 2. The summed E-state index contributed by atoms with van der Waals surface area (Å²) < 4.78 is 5.39. The maximum atomic E-state index is 11.9. The van der Waals surface area contributed by atoms with Gasteiger partial charge in [-0.1, -0.05) is 20.8 Å². The smallest absolute Gasteiger partial charge is 0.227 e. The Morgan fingerprint density at radius 2 is 2.00 bits per heavy atom. The molecule has 0 saturated carbocycles. The summed E-state index contributed by atoms with van der Waals surface area (Å²) in [6, 6.07) is 3.96. The van der Waals surface area contributed by atoms with E-state index in [0.29, 0.717) is 17.9 Å². The Morgan fingerprint density at radius 3 is 2.47 bits per heavy atom. The zero-order chi connectivity index (χ0) is 14.2. The molecule has 1 aliphatic rings. The summed E-state index contributed by atoms with van der Waals surface area (Å²) >= 11 is 0. The molecule has 0 aromatic heterocycles. The van der Waals surface area contributed by atoms with Crippen LogP contribution in [0.5, 0.6) is 5.75 Å². The Balaban J connectivity index is 2.56. The fourth-order valence-corrected chi connectivity index (χ4v) is 2.39. The Morgan fingerprint density at radius 1 is 1.32 bits per heavy atom. The van der Waals surface area contributed by atoms with Gasteiger partial charge in [-0.25, -0.2) is 0 Å². The van der Waals surface area contributed by atoms with Gasteiger partial charge in [-0.15, -0.1) is 0 Å². The molecular formula is C15H22N2O2. The molecular weight excluding hydrogens is 240 g/mol. The van der Waals surface area contributed by atoms with Crippen LogP contribution in [0.1, 0.15) is 39.2 Å². The van der Waals surface area contributed by atoms with Crippen molar-refractivity contribution in [3.63, 3.8) is 0 Å². The molecule has 1 aromatic rings. The average Bonchev–Trinajstić information content (AvgIpc) is 2.73. The van der Waals surface area contributed by atoms with Crippen molar-refractivity contribution in [1.82, 2.24) is 0 Å². The number of carbonyl (C=O) groups excluding carboxylic acids is 1. The zero-order valence-electron chi connectivity index (χ0n) is 12.1. The molecule has 2 N–H and O–H groups in total. The van der Waals surface area contributed by atoms with Crippen LogP contribution in [-0.2, 0) is 10.2 Å². The van der Waals surface area contributed by atoms with E-state index in [9.17, 15) is 4.79 Å². The first kappa shape index (κ1) is 13.7. The van der Waals surface area contributed by atoms with E-state index >= 15 is 0 Å². The van der Waals surface area contributed by atoms with Gasteiger partial charge in [0.2, 0.25) is 5.91 Å². The van der Waals surface area contributed by atoms with E-state index in [0.717, 1.165) is 24.2 Å². The summed E-state index contributed by atoms with van der Waals surface area (Å²) in [5.41, 5.74) is 8.56. The van der Waals surface area contributed by atoms with E-state index in [1.807, 2.05) is 12.1 Å². The predicted octanol–water partition coefficient (Wildman–Crippen LogP) is 2.70. The maximum absolute atomic E-state index is 11.9. The Labute approximate surface area is 114 Å². The average molecular weight is 262 g/mol. The van der Waals surface area contributed by atoms with Crippen LogP contribution in [0.2, 0.25) is 0 Å². The molecule has 0 atom stereocenters. The largest absolute Gasteiger partial charge is 0.492 e. The third kappa shape index (κ3) is 2.53. The normalized spacial score (nSPS) is 16.0. The number of hydrogen-bond donors (Lipinski definition) is 1. The van der Waals surface area contributed by atoms with Crippen molar-refractivity contribution in [1.29, 1.82) is 0 Å². The lowest BCUT2D eigenvalue weighted by atomic mass is 9.86. The monoisotopic (exact) mass is 262 g/mol. The number of nitrogen functional groups attached to an aromatic ring is 1. The highest BCUT2D eigenvalue weighted by Gasteiger charge is 2.27. The summed E-state index contributed by atoms with van der Waals surface area (Å²) in [6.07, 6.45) is 1.49. The van der Waals surface area contributed by atoms with E-state index in [-0.39, 0.29) is 11.3 Å². The van der Waals surface area contributed by atoms with Gasteiger partial charge in [0.25, 0.3) is 0 Å². The van der Waals surface area contributed by atoms with Gasteiger partial charge < -0.3 is 15.4 Å². The van der Waals surface area contributed by atoms with Gasteiger partial charge in [0, 0.05) is 13.0 Å². The highest BCUT2D eigenvalue weighted by Crippen LogP contribution is 2.40. The quantitative estimate of drug-likeness (QED) is 0.834. The third-order valence-electron chi connectivity index (χ3n) is 3.53. The van der Waals surface area contributed by atoms with Crippen molar-refractivity contribution in [2.24, 2.45) is 0 Å². The summed E-state index contributed by atoms with van der Waals surface area (Å²) in [7, 11) is 1.59. The summed E-state index contributed by atoms with van der Waals surface area (Å²) in [6.45, 7) is 7.12. The Hall–Kier alpha value is -1.71. The van der Waals surface area contributed by atoms with Gasteiger partial charge in [0.05, 0.1) is 18.5 Å². The van der Waals surface area contributed by atoms with Crippen LogP contribution in [0.25, 0.3) is 0 Å². The number of hydrogen-bond acceptors (Lipinski definition) is 3. The molecule has 1 amide bonds. The Kier molecular flexibility index (Phi) is 3.43. The number of benzene rings is 1. The third-order valence-corrected chi connectivity index (χ3v) is 3.53. The molecule has 0 bridgehead atoms. The fraction of sp³-hybridized carbons (Fsp3) is 0.533. The first-order valence-corrected chi connectivity index (χ1v) is 6.63. The van der Waals surface area contributed by atoms with Crippen LogP contribution < -0.4 is 15.4 Å². The SMILES string of the molecule is COc1c(N)cc(C(C)(C)C)cc1N1CCCC1=O. The van der Waals surface area contributed by atoms with Crippen LogP contribution >= 0.6 is 0 Å². The number of carbonyl (C=O) groups is 1. The van der Waals surface area contributed by atoms with Crippen LogP contribution in [0.4, 0.5) is 11.4 Å². The van der Waals surface area contributed by atoms with Crippen LogP contribution in [-0.4, -0.2) is 19.6 Å². The molecule has 4 heteroatoms. The minimum atomic E-state index is -0.0160. The van der Waals surface area contributed by atoms with Crippen molar-refractivity contribution >= 4 is 17.3 Å². The number of amides is 1. The molecule has 104 valence electrons. The lowest BCUT2D eigenvalue weighted by Gasteiger charge is -2.25. The first-order valence-electron chi connectivity index (χ1n) is 6.63. The second-order valence-corrected chi connectivity index (χ2v) is 6.02. The molecule has 1 fully saturated rings. The highest BCUT2D eigenvalue weighted by molar-refractivity contribution is 5.98. The second-order valence-electron chi connectivity index (χ2n) is 6.02. The second kappa shape index (κ2) is 4.76. The fourth-order valence-electron chi connectivity index (χ4n) is 2.39. The van der Waals surface area contributed by atoms with Crippen molar-refractivity contribution in [3.8, 4) is 5.75 Å². The van der Waals surface area contributed by atoms with Crippen LogP contribution in [0.3, 0.4) is 0 Å². The summed E-state index contributed by atoms with van der Waals surface area (Å²) in [5.74, 6) is 0.743. The van der Waals surface area contributed by atoms with E-state index in [4.69, 9.17) is 10.5 Å². The van der Waals surface area contributed by atoms with E-state index in [2.05, 4.69) is 20.8 Å². The zero-order valence-corrected chi connectivity index (χ0v) is 12.1. The summed E-state index contributed by atoms with van der Waals surface area (Å²) in [4.78, 5) is 13.7. The molecule has 0 spiro atoms. The molecule has 1 aliphatic heterocycles. The number of methoxy groups -OCH3 is 1. The summed E-state index contributed by atoms with van der Waals surface area (Å²) in [5, 5.41) is 0. The minimum absolute atomic E-state index is 0.0160. The lowest BCUT2D eigenvalue weighted by molar-refractivity contribution is -0.117. The van der Waals surface area contributed by atoms with E-state index < -0.39 is 0 Å². The van der Waals surface area contributed by atoms with E-state index in [1.54, 1.807) is 12.0 Å². The van der Waals surface area contributed by atoms with Gasteiger partial charge in [-0.2, -0.15) is 0 Å². The lowest BCUT2D eigenvalue weighted by Crippen LogP contribution is -2.25. The molecule has 0 aliphatic carbocycles. The first-order chi connectivity index (χ1) is 8.84. The van der Waals surface area contributed by atoms with Crippen molar-refractivity contribution in [3.05, 3.63) is 17.7 Å². The number of ether oxygens (including phenoxy) is 1. The van der Waals surface area contributed by atoms with Gasteiger partial charge in [-0.05, 0) is 29.5 Å². The topological polar surface area (TPSA) is 55.6 Å². The highest BCUT2D eigenvalue weighted by atomic mass is 16.5. The van der Waals surface area contributed by atoms with Crippen LogP contribution in [0, 0.1) is 0 Å². The molecule has 1 saturated heterocycles. The standard InChI is InChI=1S/C15H22N2O2/c1-15(2,3)10-8-11(16)14(19-4)12(9-10)17-7-5-6-13(17)18/h8-9H,5-7,16H2,1-4H3. The Bertz CT molecular complexity index is 504. The van der Waals surface area contributed by atoms with Gasteiger partial charge >= 0.3 is 0 Å². The number of anilines is 2.